The van der Waals surface area contributed by atoms with Crippen LogP contribution in [0.1, 0.15) is 39.4 Å². The third-order valence-electron chi connectivity index (χ3n) is 4.34. The van der Waals surface area contributed by atoms with Crippen LogP contribution < -0.4 is 5.32 Å². The van der Waals surface area contributed by atoms with E-state index in [4.69, 9.17) is 4.42 Å². The highest BCUT2D eigenvalue weighted by Crippen LogP contribution is 2.22. The van der Waals surface area contributed by atoms with Crippen molar-refractivity contribution in [2.24, 2.45) is 0 Å². The topological polar surface area (TPSA) is 143 Å². The summed E-state index contributed by atoms with van der Waals surface area (Å²) in [6.07, 6.45) is 0.272. The minimum atomic E-state index is -0.710. The van der Waals surface area contributed by atoms with E-state index >= 15 is 0 Å². The molecule has 0 radical (unpaired) electrons. The molecule has 5 amide bonds. The second kappa shape index (κ2) is 6.68. The van der Waals surface area contributed by atoms with Crippen LogP contribution in [-0.4, -0.2) is 56.1 Å². The van der Waals surface area contributed by atoms with E-state index in [9.17, 15) is 24.0 Å². The molecule has 2 aromatic rings. The van der Waals surface area contributed by atoms with Crippen molar-refractivity contribution in [3.63, 3.8) is 0 Å². The molecule has 0 atom stereocenters. The normalized spacial score (nSPS) is 16.1. The first-order chi connectivity index (χ1) is 13.4. The maximum absolute atomic E-state index is 12.3. The van der Waals surface area contributed by atoms with Gasteiger partial charge in [0, 0.05) is 12.8 Å². The van der Waals surface area contributed by atoms with Crippen molar-refractivity contribution in [1.29, 1.82) is 0 Å². The monoisotopic (exact) mass is 383 g/mol. The number of carbonyl (C=O) groups is 5. The minimum absolute atomic E-state index is 0.0281. The van der Waals surface area contributed by atoms with Crippen molar-refractivity contribution in [2.45, 2.75) is 19.4 Å². The van der Waals surface area contributed by atoms with E-state index in [0.717, 1.165) is 9.80 Å². The molecule has 0 spiro atoms. The molecule has 4 rings (SSSR count). The molecule has 0 saturated carbocycles. The number of hydrogen-bond acceptors (Lipinski definition) is 8. The Morgan fingerprint density at radius 2 is 1.57 bits per heavy atom. The van der Waals surface area contributed by atoms with Crippen molar-refractivity contribution in [1.82, 2.24) is 20.0 Å². The number of rotatable bonds is 5. The Hall–Kier alpha value is -3.89. The maximum atomic E-state index is 12.3. The molecule has 28 heavy (non-hydrogen) atoms. The van der Waals surface area contributed by atoms with Gasteiger partial charge >= 0.3 is 6.01 Å². The molecule has 11 heteroatoms. The summed E-state index contributed by atoms with van der Waals surface area (Å²) in [6.45, 7) is -0.702. The van der Waals surface area contributed by atoms with Gasteiger partial charge in [0.1, 0.15) is 13.1 Å². The van der Waals surface area contributed by atoms with Gasteiger partial charge in [-0.15, -0.1) is 5.10 Å². The van der Waals surface area contributed by atoms with Crippen LogP contribution in [0.2, 0.25) is 0 Å². The summed E-state index contributed by atoms with van der Waals surface area (Å²) >= 11 is 0. The van der Waals surface area contributed by atoms with Crippen LogP contribution in [0, 0.1) is 0 Å². The smallest absolute Gasteiger partial charge is 0.322 e. The lowest BCUT2D eigenvalue weighted by molar-refractivity contribution is -0.139. The number of benzene rings is 1. The number of anilines is 1. The molecule has 11 nitrogen and oxygen atoms in total. The lowest BCUT2D eigenvalue weighted by Gasteiger charge is -2.12. The van der Waals surface area contributed by atoms with Crippen molar-refractivity contribution >= 4 is 35.6 Å². The summed E-state index contributed by atoms with van der Waals surface area (Å²) in [5, 5.41) is 9.58. The maximum Gasteiger partial charge on any atom is 0.322 e. The van der Waals surface area contributed by atoms with Crippen LogP contribution in [0.5, 0.6) is 0 Å². The zero-order chi connectivity index (χ0) is 19.8. The third kappa shape index (κ3) is 3.02. The van der Waals surface area contributed by atoms with E-state index in [0.29, 0.717) is 0 Å². The predicted octanol–water partition coefficient (Wildman–Crippen LogP) is -0.0467. The van der Waals surface area contributed by atoms with Gasteiger partial charge in [0.25, 0.3) is 11.8 Å². The number of aromatic nitrogens is 2. The first kappa shape index (κ1) is 17.5. The molecular weight excluding hydrogens is 370 g/mol. The zero-order valence-corrected chi connectivity index (χ0v) is 14.4. The highest BCUT2D eigenvalue weighted by atomic mass is 16.4. The summed E-state index contributed by atoms with van der Waals surface area (Å²) in [5.74, 6) is -2.53. The number of carbonyl (C=O) groups excluding carboxylic acids is 5. The van der Waals surface area contributed by atoms with Crippen molar-refractivity contribution in [3.05, 3.63) is 41.3 Å². The number of nitrogens with zero attached hydrogens (tertiary/aromatic N) is 4. The number of imide groups is 2. The molecule has 2 aliphatic rings. The van der Waals surface area contributed by atoms with Crippen molar-refractivity contribution < 1.29 is 28.4 Å². The molecular formula is C17H13N5O6. The second-order valence-electron chi connectivity index (χ2n) is 6.16. The number of fused-ring (bicyclic) bond motifs is 1. The van der Waals surface area contributed by atoms with Crippen LogP contribution in [0.4, 0.5) is 6.01 Å². The fraction of sp³-hybridized carbons (Fsp3) is 0.235. The SMILES string of the molecule is O=C(CN1C(=O)c2ccccc2C1=O)Nc1nnc(CN2C(=O)CCC2=O)o1. The van der Waals surface area contributed by atoms with Crippen molar-refractivity contribution in [3.8, 4) is 0 Å². The average Bonchev–Trinajstić information content (AvgIpc) is 3.32. The highest BCUT2D eigenvalue weighted by Gasteiger charge is 2.36. The fourth-order valence-electron chi connectivity index (χ4n) is 2.99. The second-order valence-corrected chi connectivity index (χ2v) is 6.16. The van der Waals surface area contributed by atoms with Gasteiger partial charge in [-0.25, -0.2) is 0 Å². The van der Waals surface area contributed by atoms with Gasteiger partial charge in [-0.05, 0) is 12.1 Å². The number of nitrogens with one attached hydrogen (secondary N) is 1. The highest BCUT2D eigenvalue weighted by molar-refractivity contribution is 6.22. The van der Waals surface area contributed by atoms with E-state index in [1.165, 1.54) is 12.1 Å². The van der Waals surface area contributed by atoms with Gasteiger partial charge in [-0.2, -0.15) is 0 Å². The molecule has 1 aromatic carbocycles. The standard InChI is InChI=1S/C17H13N5O6/c23-11(7-22-15(26)9-3-1-2-4-10(9)16(22)27)18-17-20-19-12(28-17)8-21-13(24)5-6-14(21)25/h1-4H,5-8H2,(H,18,20,23). The van der Waals surface area contributed by atoms with E-state index in [2.05, 4.69) is 15.5 Å². The minimum Gasteiger partial charge on any atom is -0.406 e. The molecule has 1 aromatic heterocycles. The lowest BCUT2D eigenvalue weighted by Crippen LogP contribution is -2.37. The molecule has 1 fully saturated rings. The van der Waals surface area contributed by atoms with Gasteiger partial charge in [0.05, 0.1) is 11.1 Å². The molecule has 0 aliphatic carbocycles. The Labute approximate surface area is 157 Å². The lowest BCUT2D eigenvalue weighted by atomic mass is 10.1. The summed E-state index contributed by atoms with van der Waals surface area (Å²) in [6, 6.07) is 6.01. The summed E-state index contributed by atoms with van der Waals surface area (Å²) in [4.78, 5) is 61.7. The van der Waals surface area contributed by atoms with E-state index in [1.807, 2.05) is 0 Å². The zero-order valence-electron chi connectivity index (χ0n) is 14.4. The first-order valence-electron chi connectivity index (χ1n) is 8.34. The van der Waals surface area contributed by atoms with Gasteiger partial charge in [-0.3, -0.25) is 39.1 Å². The largest absolute Gasteiger partial charge is 0.406 e. The average molecular weight is 383 g/mol. The quantitative estimate of drug-likeness (QED) is 0.708. The van der Waals surface area contributed by atoms with Gasteiger partial charge < -0.3 is 4.42 Å². The van der Waals surface area contributed by atoms with Gasteiger partial charge in [0.2, 0.25) is 23.6 Å². The Balaban J connectivity index is 1.38. The van der Waals surface area contributed by atoms with Crippen LogP contribution in [0.3, 0.4) is 0 Å². The van der Waals surface area contributed by atoms with Crippen LogP contribution in [0.15, 0.2) is 28.7 Å². The number of likely N-dealkylation sites (tertiary alicyclic amines) is 1. The Morgan fingerprint density at radius 1 is 0.964 bits per heavy atom. The summed E-state index contributed by atoms with van der Waals surface area (Å²) in [5.41, 5.74) is 0.473. The van der Waals surface area contributed by atoms with Gasteiger partial charge in [-0.1, -0.05) is 17.2 Å². The van der Waals surface area contributed by atoms with E-state index in [1.54, 1.807) is 12.1 Å². The third-order valence-corrected chi connectivity index (χ3v) is 4.34. The number of amides is 5. The fourth-order valence-corrected chi connectivity index (χ4v) is 2.99. The first-order valence-corrected chi connectivity index (χ1v) is 8.34. The molecule has 0 bridgehead atoms. The van der Waals surface area contributed by atoms with Crippen LogP contribution >= 0.6 is 0 Å². The van der Waals surface area contributed by atoms with Gasteiger partial charge in [0.15, 0.2) is 0 Å². The van der Waals surface area contributed by atoms with Crippen LogP contribution in [0.25, 0.3) is 0 Å². The molecule has 142 valence electrons. The Bertz CT molecular complexity index is 978. The molecule has 3 heterocycles. The van der Waals surface area contributed by atoms with Crippen LogP contribution in [-0.2, 0) is 20.9 Å². The van der Waals surface area contributed by atoms with E-state index < -0.39 is 24.3 Å². The van der Waals surface area contributed by atoms with E-state index in [-0.39, 0.29) is 54.2 Å². The number of hydrogen-bond donors (Lipinski definition) is 1. The molecule has 2 aliphatic heterocycles. The summed E-state index contributed by atoms with van der Waals surface area (Å²) < 4.78 is 5.20. The Morgan fingerprint density at radius 3 is 2.18 bits per heavy atom. The summed E-state index contributed by atoms with van der Waals surface area (Å²) in [7, 11) is 0. The molecule has 0 unspecified atom stereocenters. The molecule has 1 N–H and O–H groups in total. The van der Waals surface area contributed by atoms with Crippen molar-refractivity contribution in [2.75, 3.05) is 11.9 Å². The molecule has 1 saturated heterocycles. The predicted molar refractivity (Wildman–Crippen MR) is 89.5 cm³/mol. The Kier molecular flexibility index (Phi) is 4.18.